The third-order valence-electron chi connectivity index (χ3n) is 4.28. The Kier molecular flexibility index (Phi) is 3.52. The highest BCUT2D eigenvalue weighted by molar-refractivity contribution is 5.69. The molecule has 0 fully saturated rings. The summed E-state index contributed by atoms with van der Waals surface area (Å²) in [6.45, 7) is 1.43. The van der Waals surface area contributed by atoms with Gasteiger partial charge in [0, 0.05) is 23.5 Å². The number of anilines is 2. The van der Waals surface area contributed by atoms with Gasteiger partial charge in [0.25, 0.3) is 0 Å². The van der Waals surface area contributed by atoms with Crippen molar-refractivity contribution in [1.29, 1.82) is 0 Å². The number of rotatable bonds is 3. The van der Waals surface area contributed by atoms with Crippen LogP contribution in [-0.4, -0.2) is 25.0 Å². The molecule has 1 N–H and O–H groups in total. The van der Waals surface area contributed by atoms with Crippen LogP contribution >= 0.6 is 0 Å². The first kappa shape index (κ1) is 14.9. The summed E-state index contributed by atoms with van der Waals surface area (Å²) in [5, 5.41) is 3.28. The smallest absolute Gasteiger partial charge is 0.231 e. The summed E-state index contributed by atoms with van der Waals surface area (Å²) >= 11 is 0. The van der Waals surface area contributed by atoms with Crippen LogP contribution < -0.4 is 24.3 Å². The van der Waals surface area contributed by atoms with E-state index in [1.54, 1.807) is 0 Å². The zero-order chi connectivity index (χ0) is 17.3. The van der Waals surface area contributed by atoms with Crippen molar-refractivity contribution in [3.63, 3.8) is 0 Å². The number of hydrogen-bond donors (Lipinski definition) is 1. The van der Waals surface area contributed by atoms with E-state index in [1.807, 2.05) is 54.7 Å². The molecule has 0 saturated heterocycles. The highest BCUT2D eigenvalue weighted by Gasteiger charge is 2.14. The number of nitrogens with zero attached hydrogens (tertiary/aromatic N) is 1. The summed E-state index contributed by atoms with van der Waals surface area (Å²) in [6, 6.07) is 15.6. The molecule has 130 valence electrons. The standard InChI is InChI=1S/C20H16N2O4/c1-4-17-18(26-12-25-17)9-13(1)14-2-6-20(21-11-14)22-15-3-5-16-19(10-15)24-8-7-23-16/h1-6,9-11H,7-8,12H2,(H,21,22). The Hall–Kier alpha value is -3.41. The molecular formula is C20H16N2O4. The summed E-state index contributed by atoms with van der Waals surface area (Å²) in [6.07, 6.45) is 1.83. The number of pyridine rings is 1. The van der Waals surface area contributed by atoms with Crippen LogP contribution in [-0.2, 0) is 0 Å². The highest BCUT2D eigenvalue weighted by atomic mass is 16.7. The van der Waals surface area contributed by atoms with E-state index in [9.17, 15) is 0 Å². The van der Waals surface area contributed by atoms with Gasteiger partial charge < -0.3 is 24.3 Å². The van der Waals surface area contributed by atoms with Crippen molar-refractivity contribution in [3.05, 3.63) is 54.7 Å². The van der Waals surface area contributed by atoms with Gasteiger partial charge in [-0.05, 0) is 42.0 Å². The summed E-state index contributed by atoms with van der Waals surface area (Å²) in [4.78, 5) is 4.50. The van der Waals surface area contributed by atoms with Crippen molar-refractivity contribution < 1.29 is 18.9 Å². The van der Waals surface area contributed by atoms with E-state index in [0.29, 0.717) is 13.2 Å². The minimum atomic E-state index is 0.273. The van der Waals surface area contributed by atoms with E-state index in [0.717, 1.165) is 45.6 Å². The Labute approximate surface area is 150 Å². The Morgan fingerprint density at radius 3 is 2.31 bits per heavy atom. The van der Waals surface area contributed by atoms with Crippen LogP contribution in [0.15, 0.2) is 54.7 Å². The van der Waals surface area contributed by atoms with Gasteiger partial charge in [-0.1, -0.05) is 6.07 Å². The van der Waals surface area contributed by atoms with E-state index in [-0.39, 0.29) is 6.79 Å². The monoisotopic (exact) mass is 348 g/mol. The fraction of sp³-hybridized carbons (Fsp3) is 0.150. The largest absolute Gasteiger partial charge is 0.486 e. The fourth-order valence-electron chi connectivity index (χ4n) is 2.98. The normalized spacial score (nSPS) is 14.2. The number of ether oxygens (including phenoxy) is 4. The Morgan fingerprint density at radius 1 is 0.692 bits per heavy atom. The van der Waals surface area contributed by atoms with E-state index in [2.05, 4.69) is 10.3 Å². The molecule has 2 aliphatic rings. The molecule has 0 radical (unpaired) electrons. The van der Waals surface area contributed by atoms with Crippen LogP contribution in [0.1, 0.15) is 0 Å². The molecule has 0 bridgehead atoms. The lowest BCUT2D eigenvalue weighted by Crippen LogP contribution is -2.15. The molecule has 0 atom stereocenters. The quantitative estimate of drug-likeness (QED) is 0.772. The first-order valence-electron chi connectivity index (χ1n) is 8.38. The first-order valence-corrected chi connectivity index (χ1v) is 8.38. The van der Waals surface area contributed by atoms with Gasteiger partial charge in [-0.3, -0.25) is 0 Å². The maximum absolute atomic E-state index is 5.61. The number of fused-ring (bicyclic) bond motifs is 2. The third-order valence-corrected chi connectivity index (χ3v) is 4.28. The van der Waals surface area contributed by atoms with Crippen LogP contribution in [0.3, 0.4) is 0 Å². The van der Waals surface area contributed by atoms with E-state index < -0.39 is 0 Å². The minimum Gasteiger partial charge on any atom is -0.486 e. The van der Waals surface area contributed by atoms with Crippen LogP contribution in [0.25, 0.3) is 11.1 Å². The molecule has 0 spiro atoms. The van der Waals surface area contributed by atoms with Crippen molar-refractivity contribution in [2.45, 2.75) is 0 Å². The highest BCUT2D eigenvalue weighted by Crippen LogP contribution is 2.36. The van der Waals surface area contributed by atoms with E-state index in [1.165, 1.54) is 0 Å². The van der Waals surface area contributed by atoms with Crippen molar-refractivity contribution in [2.24, 2.45) is 0 Å². The van der Waals surface area contributed by atoms with Crippen molar-refractivity contribution in [1.82, 2.24) is 4.98 Å². The van der Waals surface area contributed by atoms with Gasteiger partial charge in [0.15, 0.2) is 23.0 Å². The summed E-state index contributed by atoms with van der Waals surface area (Å²) in [5.74, 6) is 3.82. The number of hydrogen-bond acceptors (Lipinski definition) is 6. The van der Waals surface area contributed by atoms with Gasteiger partial charge in [0.1, 0.15) is 19.0 Å². The Morgan fingerprint density at radius 2 is 1.42 bits per heavy atom. The maximum Gasteiger partial charge on any atom is 0.231 e. The zero-order valence-corrected chi connectivity index (χ0v) is 13.9. The molecule has 6 nitrogen and oxygen atoms in total. The molecule has 2 aromatic carbocycles. The number of benzene rings is 2. The first-order chi connectivity index (χ1) is 12.8. The second kappa shape index (κ2) is 6.15. The summed E-state index contributed by atoms with van der Waals surface area (Å²) < 4.78 is 21.9. The molecule has 0 saturated carbocycles. The van der Waals surface area contributed by atoms with Gasteiger partial charge in [-0.2, -0.15) is 0 Å². The van der Waals surface area contributed by atoms with Crippen molar-refractivity contribution in [2.75, 3.05) is 25.3 Å². The lowest BCUT2D eigenvalue weighted by molar-refractivity contribution is 0.171. The number of aromatic nitrogens is 1. The minimum absolute atomic E-state index is 0.273. The second-order valence-electron chi connectivity index (χ2n) is 5.98. The molecular weight excluding hydrogens is 332 g/mol. The SMILES string of the molecule is c1cc2c(cc1Nc1ccc(-c3ccc4c(c3)OCO4)cn1)OCCO2. The summed E-state index contributed by atoms with van der Waals surface area (Å²) in [7, 11) is 0. The van der Waals surface area contributed by atoms with Crippen molar-refractivity contribution >= 4 is 11.5 Å². The zero-order valence-electron chi connectivity index (χ0n) is 13.9. The van der Waals surface area contributed by atoms with Gasteiger partial charge in [0.2, 0.25) is 6.79 Å². The maximum atomic E-state index is 5.61. The molecule has 3 aromatic rings. The Balaban J connectivity index is 1.35. The molecule has 3 heterocycles. The molecule has 0 unspecified atom stereocenters. The molecule has 0 amide bonds. The average molecular weight is 348 g/mol. The molecule has 6 heteroatoms. The molecule has 1 aromatic heterocycles. The molecule has 26 heavy (non-hydrogen) atoms. The fourth-order valence-corrected chi connectivity index (χ4v) is 2.98. The van der Waals surface area contributed by atoms with Gasteiger partial charge in [0.05, 0.1) is 0 Å². The Bertz CT molecular complexity index is 957. The van der Waals surface area contributed by atoms with Crippen LogP contribution in [0.4, 0.5) is 11.5 Å². The molecule has 5 rings (SSSR count). The van der Waals surface area contributed by atoms with Gasteiger partial charge in [-0.15, -0.1) is 0 Å². The van der Waals surface area contributed by atoms with Crippen LogP contribution in [0.5, 0.6) is 23.0 Å². The summed E-state index contributed by atoms with van der Waals surface area (Å²) in [5.41, 5.74) is 2.95. The second-order valence-corrected chi connectivity index (χ2v) is 5.98. The lowest BCUT2D eigenvalue weighted by atomic mass is 10.1. The van der Waals surface area contributed by atoms with Crippen molar-refractivity contribution in [3.8, 4) is 34.1 Å². The predicted molar refractivity (Wildman–Crippen MR) is 96.5 cm³/mol. The molecule has 0 aliphatic carbocycles. The van der Waals surface area contributed by atoms with Crippen LogP contribution in [0.2, 0.25) is 0 Å². The lowest BCUT2D eigenvalue weighted by Gasteiger charge is -2.19. The average Bonchev–Trinajstić information content (AvgIpc) is 3.16. The van der Waals surface area contributed by atoms with Crippen LogP contribution in [0, 0.1) is 0 Å². The van der Waals surface area contributed by atoms with Gasteiger partial charge in [-0.25, -0.2) is 4.98 Å². The molecule has 2 aliphatic heterocycles. The number of nitrogens with one attached hydrogen (secondary N) is 1. The topological polar surface area (TPSA) is 61.8 Å². The van der Waals surface area contributed by atoms with Gasteiger partial charge >= 0.3 is 0 Å². The van der Waals surface area contributed by atoms with E-state index >= 15 is 0 Å². The third kappa shape index (κ3) is 2.75. The predicted octanol–water partition coefficient (Wildman–Crippen LogP) is 3.99. The van der Waals surface area contributed by atoms with E-state index in [4.69, 9.17) is 18.9 Å².